The summed E-state index contributed by atoms with van der Waals surface area (Å²) in [4.78, 5) is 17.2. The van der Waals surface area contributed by atoms with Gasteiger partial charge in [-0.05, 0) is 12.1 Å². The van der Waals surface area contributed by atoms with E-state index in [4.69, 9.17) is 10.2 Å². The third-order valence-corrected chi connectivity index (χ3v) is 1.84. The third-order valence-electron chi connectivity index (χ3n) is 1.84. The van der Waals surface area contributed by atoms with Crippen molar-refractivity contribution in [3.63, 3.8) is 0 Å². The van der Waals surface area contributed by atoms with E-state index in [1.165, 1.54) is 5.39 Å². The van der Waals surface area contributed by atoms with Crippen LogP contribution < -0.4 is 5.90 Å². The number of rotatable bonds is 1. The predicted octanol–water partition coefficient (Wildman–Crippen LogP) is -0.0537. The number of hydrogen-bond acceptors (Lipinski definition) is 6. The first-order valence-corrected chi connectivity index (χ1v) is 4.71. The maximum atomic E-state index is 9.66. The van der Waals surface area contributed by atoms with E-state index >= 15 is 0 Å². The number of para-hydroxylation sites is 1. The van der Waals surface area contributed by atoms with Crippen molar-refractivity contribution < 1.29 is 40.9 Å². The van der Waals surface area contributed by atoms with E-state index in [1.54, 1.807) is 0 Å². The van der Waals surface area contributed by atoms with Crippen molar-refractivity contribution in [1.82, 2.24) is 4.98 Å². The summed E-state index contributed by atoms with van der Waals surface area (Å²) in [6.45, 7) is 0. The summed E-state index contributed by atoms with van der Waals surface area (Å²) in [5.41, 5.74) is 1.06. The summed E-state index contributed by atoms with van der Waals surface area (Å²) in [7, 11) is 0. The number of aliphatic hydroxyl groups excluding tert-OH is 1. The number of carbonyl (C=O) groups excluding carboxylic acids is 1. The van der Waals surface area contributed by atoms with Gasteiger partial charge in [-0.15, -0.1) is 0 Å². The topological polar surface area (TPSA) is 106 Å². The van der Waals surface area contributed by atoms with Crippen molar-refractivity contribution in [2.24, 2.45) is 5.90 Å². The van der Waals surface area contributed by atoms with Crippen LogP contribution in [0.25, 0.3) is 10.9 Å². The SMILES string of the molecule is NOC(=O)C(O)O.[Pt].c1ccc2ncccc2c1. The molecule has 6 nitrogen and oxygen atoms in total. The van der Waals surface area contributed by atoms with Gasteiger partial charge in [0, 0.05) is 32.6 Å². The minimum absolute atomic E-state index is 0. The predicted molar refractivity (Wildman–Crippen MR) is 60.2 cm³/mol. The summed E-state index contributed by atoms with van der Waals surface area (Å²) in [5.74, 6) is 2.94. The first-order chi connectivity index (χ1) is 8.15. The van der Waals surface area contributed by atoms with Gasteiger partial charge in [-0.25, -0.2) is 4.79 Å². The molecular formula is C11H12N2O4Pt. The number of hydrogen-bond donors (Lipinski definition) is 3. The van der Waals surface area contributed by atoms with E-state index in [2.05, 4.69) is 27.9 Å². The molecule has 0 aliphatic rings. The normalized spacial score (nSPS) is 9.11. The quantitative estimate of drug-likeness (QED) is 0.432. The van der Waals surface area contributed by atoms with Crippen LogP contribution >= 0.6 is 0 Å². The molecule has 100 valence electrons. The second-order valence-electron chi connectivity index (χ2n) is 3.01. The number of nitrogens with two attached hydrogens (primary N) is 1. The zero-order valence-electron chi connectivity index (χ0n) is 9.17. The van der Waals surface area contributed by atoms with Crippen LogP contribution in [0.4, 0.5) is 0 Å². The molecule has 18 heavy (non-hydrogen) atoms. The van der Waals surface area contributed by atoms with Gasteiger partial charge in [0.05, 0.1) is 5.52 Å². The van der Waals surface area contributed by atoms with Crippen LogP contribution in [0.15, 0.2) is 42.6 Å². The Morgan fingerprint density at radius 2 is 1.83 bits per heavy atom. The average molecular weight is 431 g/mol. The Labute approximate surface area is 118 Å². The minimum atomic E-state index is -2.12. The fraction of sp³-hybridized carbons (Fsp3) is 0.0909. The summed E-state index contributed by atoms with van der Waals surface area (Å²) >= 11 is 0. The summed E-state index contributed by atoms with van der Waals surface area (Å²) in [6.07, 6.45) is -0.313. The molecule has 1 aromatic carbocycles. The number of benzene rings is 1. The number of aromatic nitrogens is 1. The van der Waals surface area contributed by atoms with Gasteiger partial charge in [0.1, 0.15) is 0 Å². The van der Waals surface area contributed by atoms with Crippen LogP contribution in [0, 0.1) is 0 Å². The van der Waals surface area contributed by atoms with Gasteiger partial charge in [0.15, 0.2) is 0 Å². The Balaban J connectivity index is 0.000000326. The molecule has 0 aliphatic heterocycles. The summed E-state index contributed by atoms with van der Waals surface area (Å²) < 4.78 is 0. The van der Waals surface area contributed by atoms with Crippen molar-refractivity contribution in [2.75, 3.05) is 0 Å². The van der Waals surface area contributed by atoms with Crippen molar-refractivity contribution >= 4 is 16.9 Å². The molecule has 0 aliphatic carbocycles. The molecule has 0 unspecified atom stereocenters. The second-order valence-corrected chi connectivity index (χ2v) is 3.01. The molecule has 4 N–H and O–H groups in total. The maximum Gasteiger partial charge on any atom is 0.381 e. The molecule has 1 heterocycles. The van der Waals surface area contributed by atoms with Crippen LogP contribution in [0.3, 0.4) is 0 Å². The fourth-order valence-electron chi connectivity index (χ4n) is 1.08. The monoisotopic (exact) mass is 431 g/mol. The van der Waals surface area contributed by atoms with Crippen LogP contribution in [-0.4, -0.2) is 27.5 Å². The van der Waals surface area contributed by atoms with Crippen molar-refractivity contribution in [1.29, 1.82) is 0 Å². The van der Waals surface area contributed by atoms with Crippen LogP contribution in [0.5, 0.6) is 0 Å². The molecule has 0 spiro atoms. The Bertz CT molecular complexity index is 428. The minimum Gasteiger partial charge on any atom is -0.370 e. The number of aliphatic hydroxyl groups is 2. The Hall–Kier alpha value is -1.33. The molecule has 2 aromatic rings. The standard InChI is InChI=1S/C9H7N.C2H5NO4.Pt/c1-2-6-9-8(4-1)5-3-7-10-9;3-7-2(6)1(4)5;/h1-7H;1,4-5H,3H2;. The van der Waals surface area contributed by atoms with Gasteiger partial charge in [-0.3, -0.25) is 4.98 Å². The van der Waals surface area contributed by atoms with Gasteiger partial charge in [0.2, 0.25) is 0 Å². The number of pyridine rings is 1. The zero-order valence-corrected chi connectivity index (χ0v) is 11.4. The van der Waals surface area contributed by atoms with Crippen molar-refractivity contribution in [3.05, 3.63) is 42.6 Å². The van der Waals surface area contributed by atoms with E-state index < -0.39 is 12.3 Å². The first kappa shape index (κ1) is 16.7. The van der Waals surface area contributed by atoms with Gasteiger partial charge < -0.3 is 15.1 Å². The second kappa shape index (κ2) is 8.71. The Morgan fingerprint density at radius 1 is 1.22 bits per heavy atom. The fourth-order valence-corrected chi connectivity index (χ4v) is 1.08. The van der Waals surface area contributed by atoms with E-state index in [9.17, 15) is 4.79 Å². The first-order valence-electron chi connectivity index (χ1n) is 4.71. The largest absolute Gasteiger partial charge is 0.381 e. The van der Waals surface area contributed by atoms with Crippen LogP contribution in [0.1, 0.15) is 0 Å². The molecule has 1 aromatic heterocycles. The average Bonchev–Trinajstić information content (AvgIpc) is 2.38. The molecule has 0 saturated heterocycles. The molecule has 2 rings (SSSR count). The Kier molecular flexibility index (Phi) is 8.07. The van der Waals surface area contributed by atoms with Gasteiger partial charge in [-0.2, -0.15) is 5.90 Å². The van der Waals surface area contributed by atoms with E-state index in [1.807, 2.05) is 30.5 Å². The maximum absolute atomic E-state index is 9.66. The van der Waals surface area contributed by atoms with E-state index in [0.29, 0.717) is 0 Å². The van der Waals surface area contributed by atoms with Crippen molar-refractivity contribution in [3.8, 4) is 0 Å². The summed E-state index contributed by atoms with van der Waals surface area (Å²) in [5, 5.41) is 16.8. The molecule has 0 bridgehead atoms. The molecule has 0 amide bonds. The number of nitrogens with zero attached hydrogens (tertiary/aromatic N) is 1. The van der Waals surface area contributed by atoms with Gasteiger partial charge in [0.25, 0.3) is 6.29 Å². The van der Waals surface area contributed by atoms with E-state index in [-0.39, 0.29) is 21.1 Å². The molecular weight excluding hydrogens is 419 g/mol. The smallest absolute Gasteiger partial charge is 0.370 e. The zero-order chi connectivity index (χ0) is 12.7. The third kappa shape index (κ3) is 5.33. The van der Waals surface area contributed by atoms with Crippen molar-refractivity contribution in [2.45, 2.75) is 6.29 Å². The van der Waals surface area contributed by atoms with Gasteiger partial charge in [-0.1, -0.05) is 24.3 Å². The summed E-state index contributed by atoms with van der Waals surface area (Å²) in [6, 6.07) is 12.1. The van der Waals surface area contributed by atoms with E-state index in [0.717, 1.165) is 5.52 Å². The molecule has 0 fully saturated rings. The molecule has 0 atom stereocenters. The van der Waals surface area contributed by atoms with Crippen LogP contribution in [-0.2, 0) is 30.7 Å². The Morgan fingerprint density at radius 3 is 2.33 bits per heavy atom. The molecule has 0 radical (unpaired) electrons. The number of fused-ring (bicyclic) bond motifs is 1. The molecule has 7 heteroatoms. The van der Waals surface area contributed by atoms with Gasteiger partial charge >= 0.3 is 5.97 Å². The molecule has 0 saturated carbocycles. The number of carbonyl (C=O) groups is 1. The van der Waals surface area contributed by atoms with Crippen LogP contribution in [0.2, 0.25) is 0 Å².